The topological polar surface area (TPSA) is 55.6 Å². The fraction of sp³-hybridized carbons (Fsp3) is 0.273. The highest BCUT2D eigenvalue weighted by atomic mass is 16.5. The minimum absolute atomic E-state index is 0.0635. The monoisotopic (exact) mass is 362 g/mol. The lowest BCUT2D eigenvalue weighted by atomic mass is 10.1. The molecule has 2 heterocycles. The Kier molecular flexibility index (Phi) is 4.92. The Morgan fingerprint density at radius 3 is 2.33 bits per heavy atom. The first-order valence-electron chi connectivity index (χ1n) is 9.26. The van der Waals surface area contributed by atoms with E-state index in [4.69, 9.17) is 9.15 Å². The number of ether oxygens (including phenoxy) is 1. The predicted molar refractivity (Wildman–Crippen MR) is 104 cm³/mol. The van der Waals surface area contributed by atoms with Crippen LogP contribution >= 0.6 is 0 Å². The van der Waals surface area contributed by atoms with E-state index in [2.05, 4.69) is 4.98 Å². The van der Waals surface area contributed by atoms with Crippen LogP contribution in [0.15, 0.2) is 59.0 Å². The zero-order chi connectivity index (χ0) is 18.6. The second-order valence-corrected chi connectivity index (χ2v) is 6.64. The summed E-state index contributed by atoms with van der Waals surface area (Å²) in [5.41, 5.74) is 2.04. The number of aromatic nitrogens is 1. The summed E-state index contributed by atoms with van der Waals surface area (Å²) in [5.74, 6) is 1.66. The number of piperidine rings is 1. The van der Waals surface area contributed by atoms with Crippen molar-refractivity contribution in [2.45, 2.75) is 19.3 Å². The number of hydrogen-bond acceptors (Lipinski definition) is 4. The predicted octanol–water partition coefficient (Wildman–Crippen LogP) is 4.64. The number of carbonyl (C=O) groups is 1. The second-order valence-electron chi connectivity index (χ2n) is 6.64. The van der Waals surface area contributed by atoms with Crippen molar-refractivity contribution in [3.8, 4) is 28.5 Å². The lowest BCUT2D eigenvalue weighted by molar-refractivity contribution is 0.0719. The highest BCUT2D eigenvalue weighted by Gasteiger charge is 2.27. The molecule has 1 aliphatic heterocycles. The van der Waals surface area contributed by atoms with Crippen LogP contribution in [-0.2, 0) is 0 Å². The molecular weight excluding hydrogens is 340 g/mol. The molecule has 0 radical (unpaired) electrons. The van der Waals surface area contributed by atoms with E-state index in [1.54, 1.807) is 7.11 Å². The zero-order valence-corrected chi connectivity index (χ0v) is 15.4. The Hall–Kier alpha value is -3.08. The normalized spacial score (nSPS) is 14.2. The van der Waals surface area contributed by atoms with Crippen LogP contribution in [-0.4, -0.2) is 36.0 Å². The third kappa shape index (κ3) is 3.58. The molecule has 1 saturated heterocycles. The van der Waals surface area contributed by atoms with Gasteiger partial charge in [-0.3, -0.25) is 4.79 Å². The number of oxazole rings is 1. The van der Waals surface area contributed by atoms with Crippen molar-refractivity contribution >= 4 is 5.91 Å². The smallest absolute Gasteiger partial charge is 0.276 e. The molecule has 1 amide bonds. The molecule has 0 spiro atoms. The Morgan fingerprint density at radius 2 is 1.67 bits per heavy atom. The van der Waals surface area contributed by atoms with Crippen LogP contribution in [0.3, 0.4) is 0 Å². The van der Waals surface area contributed by atoms with Crippen LogP contribution in [0.1, 0.15) is 29.8 Å². The molecule has 0 atom stereocenters. The minimum atomic E-state index is -0.0635. The van der Waals surface area contributed by atoms with E-state index in [1.807, 2.05) is 59.5 Å². The van der Waals surface area contributed by atoms with E-state index < -0.39 is 0 Å². The highest BCUT2D eigenvalue weighted by molar-refractivity contribution is 5.98. The maximum absolute atomic E-state index is 13.1. The van der Waals surface area contributed by atoms with Crippen molar-refractivity contribution in [2.75, 3.05) is 20.2 Å². The maximum Gasteiger partial charge on any atom is 0.276 e. The molecule has 3 aromatic rings. The van der Waals surface area contributed by atoms with Crippen LogP contribution in [0.2, 0.25) is 0 Å². The molecule has 1 aliphatic rings. The summed E-state index contributed by atoms with van der Waals surface area (Å²) in [7, 11) is 1.63. The van der Waals surface area contributed by atoms with Gasteiger partial charge < -0.3 is 14.1 Å². The summed E-state index contributed by atoms with van der Waals surface area (Å²) in [6.07, 6.45) is 3.24. The number of rotatable bonds is 4. The van der Waals surface area contributed by atoms with Crippen molar-refractivity contribution in [1.82, 2.24) is 9.88 Å². The van der Waals surface area contributed by atoms with Crippen LogP contribution in [0, 0.1) is 0 Å². The van der Waals surface area contributed by atoms with E-state index in [0.29, 0.717) is 17.3 Å². The third-order valence-electron chi connectivity index (χ3n) is 4.85. The number of hydrogen-bond donors (Lipinski definition) is 0. The van der Waals surface area contributed by atoms with Crippen molar-refractivity contribution in [1.29, 1.82) is 0 Å². The van der Waals surface area contributed by atoms with Gasteiger partial charge in [-0.1, -0.05) is 18.2 Å². The van der Waals surface area contributed by atoms with Crippen LogP contribution < -0.4 is 4.74 Å². The first-order valence-corrected chi connectivity index (χ1v) is 9.26. The summed E-state index contributed by atoms with van der Waals surface area (Å²) < 4.78 is 11.3. The summed E-state index contributed by atoms with van der Waals surface area (Å²) in [6, 6.07) is 17.2. The van der Waals surface area contributed by atoms with Gasteiger partial charge in [-0.15, -0.1) is 0 Å². The molecule has 1 aromatic heterocycles. The summed E-state index contributed by atoms with van der Waals surface area (Å²) in [5, 5.41) is 0. The fourth-order valence-electron chi connectivity index (χ4n) is 3.35. The van der Waals surface area contributed by atoms with Crippen LogP contribution in [0.4, 0.5) is 0 Å². The molecule has 0 aliphatic carbocycles. The number of benzene rings is 2. The molecule has 0 unspecified atom stereocenters. The van der Waals surface area contributed by atoms with Gasteiger partial charge in [0.05, 0.1) is 7.11 Å². The Balaban J connectivity index is 1.77. The van der Waals surface area contributed by atoms with Crippen molar-refractivity contribution in [3.05, 3.63) is 60.3 Å². The average Bonchev–Trinajstić information content (AvgIpc) is 3.20. The summed E-state index contributed by atoms with van der Waals surface area (Å²) >= 11 is 0. The molecule has 0 N–H and O–H groups in total. The zero-order valence-electron chi connectivity index (χ0n) is 15.4. The largest absolute Gasteiger partial charge is 0.497 e. The standard InChI is InChI=1S/C22H22N2O3/c1-26-18-12-10-16(11-13-18)20-19(22(25)24-14-6-3-7-15-24)23-21(27-20)17-8-4-2-5-9-17/h2,4-5,8-13H,3,6-7,14-15H2,1H3. The Bertz CT molecular complexity index is 910. The van der Waals surface area contributed by atoms with E-state index in [1.165, 1.54) is 6.42 Å². The van der Waals surface area contributed by atoms with Crippen molar-refractivity contribution < 1.29 is 13.9 Å². The van der Waals surface area contributed by atoms with Gasteiger partial charge in [0, 0.05) is 24.2 Å². The van der Waals surface area contributed by atoms with E-state index in [9.17, 15) is 4.79 Å². The minimum Gasteiger partial charge on any atom is -0.497 e. The molecule has 0 bridgehead atoms. The molecule has 5 nitrogen and oxygen atoms in total. The van der Waals surface area contributed by atoms with Gasteiger partial charge in [0.15, 0.2) is 11.5 Å². The first-order chi connectivity index (χ1) is 13.3. The molecule has 5 heteroatoms. The Morgan fingerprint density at radius 1 is 0.963 bits per heavy atom. The van der Waals surface area contributed by atoms with Crippen molar-refractivity contribution in [3.63, 3.8) is 0 Å². The number of likely N-dealkylation sites (tertiary alicyclic amines) is 1. The van der Waals surface area contributed by atoms with Gasteiger partial charge in [-0.25, -0.2) is 4.98 Å². The van der Waals surface area contributed by atoms with Gasteiger partial charge in [-0.05, 0) is 55.7 Å². The summed E-state index contributed by atoms with van der Waals surface area (Å²) in [4.78, 5) is 19.6. The Labute approximate surface area is 158 Å². The second kappa shape index (κ2) is 7.66. The number of nitrogens with zero attached hydrogens (tertiary/aromatic N) is 2. The quantitative estimate of drug-likeness (QED) is 0.678. The van der Waals surface area contributed by atoms with Gasteiger partial charge in [0.25, 0.3) is 5.91 Å². The third-order valence-corrected chi connectivity index (χ3v) is 4.85. The maximum atomic E-state index is 13.1. The lowest BCUT2D eigenvalue weighted by Gasteiger charge is -2.26. The van der Waals surface area contributed by atoms with Gasteiger partial charge in [0.2, 0.25) is 5.89 Å². The SMILES string of the molecule is COc1ccc(-c2oc(-c3ccccc3)nc2C(=O)N2CCCCC2)cc1. The van der Waals surface area contributed by atoms with E-state index >= 15 is 0 Å². The number of methoxy groups -OCH3 is 1. The molecule has 1 fully saturated rings. The molecule has 138 valence electrons. The summed E-state index contributed by atoms with van der Waals surface area (Å²) in [6.45, 7) is 1.54. The van der Waals surface area contributed by atoms with Gasteiger partial charge in [-0.2, -0.15) is 0 Å². The number of amides is 1. The lowest BCUT2D eigenvalue weighted by Crippen LogP contribution is -2.36. The number of carbonyl (C=O) groups excluding carboxylic acids is 1. The fourth-order valence-corrected chi connectivity index (χ4v) is 3.35. The molecule has 27 heavy (non-hydrogen) atoms. The van der Waals surface area contributed by atoms with Gasteiger partial charge in [0.1, 0.15) is 5.75 Å². The molecule has 2 aromatic carbocycles. The van der Waals surface area contributed by atoms with Crippen LogP contribution in [0.5, 0.6) is 5.75 Å². The van der Waals surface area contributed by atoms with Crippen molar-refractivity contribution in [2.24, 2.45) is 0 Å². The van der Waals surface area contributed by atoms with Crippen LogP contribution in [0.25, 0.3) is 22.8 Å². The average molecular weight is 362 g/mol. The first kappa shape index (κ1) is 17.3. The van der Waals surface area contributed by atoms with E-state index in [-0.39, 0.29) is 5.91 Å². The molecular formula is C22H22N2O3. The van der Waals surface area contributed by atoms with Gasteiger partial charge >= 0.3 is 0 Å². The van der Waals surface area contributed by atoms with E-state index in [0.717, 1.165) is 42.8 Å². The molecule has 4 rings (SSSR count). The molecule has 0 saturated carbocycles. The highest BCUT2D eigenvalue weighted by Crippen LogP contribution is 2.32.